The maximum absolute atomic E-state index is 13.7. The molecule has 12 heteroatoms. The molecular weight excluding hydrogens is 557 g/mol. The van der Waals surface area contributed by atoms with Crippen LogP contribution in [0.5, 0.6) is 11.5 Å². The zero-order valence-electron chi connectivity index (χ0n) is 24.5. The van der Waals surface area contributed by atoms with E-state index in [0.717, 1.165) is 0 Å². The van der Waals surface area contributed by atoms with Crippen molar-refractivity contribution < 1.29 is 33.4 Å². The summed E-state index contributed by atoms with van der Waals surface area (Å²) >= 11 is 0. The second-order valence-corrected chi connectivity index (χ2v) is 10.5. The molecule has 228 valence electrons. The molecule has 0 saturated heterocycles. The standard InChI is InChI=1S/C31H36FN5O6/c1-19-16-37(20(2)18-38)29(39)26-15-24(34-30(40)33-22-7-5-21(32)6-8-22)11-14-27(26)43-28(19)17-36(3)31(41)35-23-9-12-25(42-4)13-10-23/h5-15,19-20,28,38H,16-18H2,1-4H3,(H,35,41)(H2,33,34,40)/t19-,20-,28-/m1/s1. The van der Waals surface area contributed by atoms with Crippen LogP contribution in [0.15, 0.2) is 66.7 Å². The third-order valence-electron chi connectivity index (χ3n) is 7.17. The van der Waals surface area contributed by atoms with Gasteiger partial charge in [0.2, 0.25) is 0 Å². The first-order valence-electron chi connectivity index (χ1n) is 13.8. The normalized spacial score (nSPS) is 17.0. The Kier molecular flexibility index (Phi) is 10.0. The fourth-order valence-corrected chi connectivity index (χ4v) is 4.59. The number of nitrogens with one attached hydrogen (secondary N) is 3. The lowest BCUT2D eigenvalue weighted by molar-refractivity contribution is 0.0371. The SMILES string of the molecule is COc1ccc(NC(=O)N(C)C[C@H]2Oc3ccc(NC(=O)Nc4ccc(F)cc4)cc3C(=O)N([C@H](C)CO)C[C@H]2C)cc1. The molecule has 4 rings (SSSR count). The molecule has 0 saturated carbocycles. The summed E-state index contributed by atoms with van der Waals surface area (Å²) in [5.74, 6) is -0.0452. The molecule has 1 aliphatic heterocycles. The number of carbonyl (C=O) groups excluding carboxylic acids is 3. The van der Waals surface area contributed by atoms with Crippen LogP contribution in [0.25, 0.3) is 0 Å². The number of likely N-dealkylation sites (N-methyl/N-ethyl adjacent to an activating group) is 1. The number of methoxy groups -OCH3 is 1. The summed E-state index contributed by atoms with van der Waals surface area (Å²) in [5, 5.41) is 18.0. The fourth-order valence-electron chi connectivity index (χ4n) is 4.59. The van der Waals surface area contributed by atoms with Crippen LogP contribution in [0.2, 0.25) is 0 Å². The molecule has 1 heterocycles. The van der Waals surface area contributed by atoms with Gasteiger partial charge in [0, 0.05) is 36.6 Å². The summed E-state index contributed by atoms with van der Waals surface area (Å²) in [5.41, 5.74) is 1.52. The summed E-state index contributed by atoms with van der Waals surface area (Å²) in [7, 11) is 3.22. The smallest absolute Gasteiger partial charge is 0.323 e. The highest BCUT2D eigenvalue weighted by atomic mass is 19.1. The second kappa shape index (κ2) is 13.9. The Morgan fingerprint density at radius 2 is 1.65 bits per heavy atom. The minimum Gasteiger partial charge on any atom is -0.497 e. The number of aliphatic hydroxyl groups excluding tert-OH is 1. The Bertz CT molecular complexity index is 1440. The molecule has 43 heavy (non-hydrogen) atoms. The van der Waals surface area contributed by atoms with Gasteiger partial charge in [0.1, 0.15) is 23.4 Å². The van der Waals surface area contributed by atoms with Crippen LogP contribution in [0.1, 0.15) is 24.2 Å². The van der Waals surface area contributed by atoms with E-state index in [0.29, 0.717) is 22.8 Å². The minimum absolute atomic E-state index is 0.196. The van der Waals surface area contributed by atoms with E-state index in [1.807, 2.05) is 6.92 Å². The van der Waals surface area contributed by atoms with Gasteiger partial charge in [0.15, 0.2) is 0 Å². The number of hydrogen-bond acceptors (Lipinski definition) is 6. The van der Waals surface area contributed by atoms with Crippen molar-refractivity contribution in [3.8, 4) is 11.5 Å². The van der Waals surface area contributed by atoms with E-state index in [1.54, 1.807) is 62.4 Å². The third-order valence-corrected chi connectivity index (χ3v) is 7.17. The maximum atomic E-state index is 13.7. The van der Waals surface area contributed by atoms with Crippen LogP contribution >= 0.6 is 0 Å². The topological polar surface area (TPSA) is 132 Å². The van der Waals surface area contributed by atoms with Gasteiger partial charge in [0.25, 0.3) is 5.91 Å². The number of rotatable bonds is 8. The molecule has 4 N–H and O–H groups in total. The summed E-state index contributed by atoms with van der Waals surface area (Å²) < 4.78 is 24.7. The third kappa shape index (κ3) is 7.92. The van der Waals surface area contributed by atoms with E-state index in [2.05, 4.69) is 16.0 Å². The van der Waals surface area contributed by atoms with Gasteiger partial charge in [-0.2, -0.15) is 0 Å². The number of anilines is 3. The highest BCUT2D eigenvalue weighted by Crippen LogP contribution is 2.31. The lowest BCUT2D eigenvalue weighted by Crippen LogP contribution is -2.50. The largest absolute Gasteiger partial charge is 0.497 e. The first-order valence-corrected chi connectivity index (χ1v) is 13.8. The molecule has 0 bridgehead atoms. The number of urea groups is 2. The minimum atomic E-state index is -0.581. The summed E-state index contributed by atoms with van der Waals surface area (Å²) in [6.07, 6.45) is -0.507. The lowest BCUT2D eigenvalue weighted by Gasteiger charge is -2.38. The Hall–Kier alpha value is -4.84. The number of fused-ring (bicyclic) bond motifs is 1. The number of amides is 5. The van der Waals surface area contributed by atoms with Gasteiger partial charge in [-0.05, 0) is 73.7 Å². The molecule has 5 amide bonds. The molecule has 3 atom stereocenters. The molecule has 0 fully saturated rings. The van der Waals surface area contributed by atoms with Gasteiger partial charge >= 0.3 is 12.1 Å². The van der Waals surface area contributed by atoms with Crippen LogP contribution in [0.4, 0.5) is 31.0 Å². The van der Waals surface area contributed by atoms with Crippen molar-refractivity contribution in [1.29, 1.82) is 0 Å². The Labute approximate surface area is 249 Å². The molecule has 0 aliphatic carbocycles. The molecule has 1 aliphatic rings. The molecule has 11 nitrogen and oxygen atoms in total. The first-order chi connectivity index (χ1) is 20.6. The van der Waals surface area contributed by atoms with Gasteiger partial charge in [0.05, 0.1) is 31.9 Å². The number of aliphatic hydroxyl groups is 1. The number of halogens is 1. The van der Waals surface area contributed by atoms with Crippen LogP contribution in [0, 0.1) is 11.7 Å². The van der Waals surface area contributed by atoms with E-state index in [-0.39, 0.29) is 48.9 Å². The molecule has 0 radical (unpaired) electrons. The lowest BCUT2D eigenvalue weighted by atomic mass is 9.99. The molecular formula is C31H36FN5O6. The van der Waals surface area contributed by atoms with Crippen LogP contribution in [-0.2, 0) is 0 Å². The van der Waals surface area contributed by atoms with E-state index < -0.39 is 24.0 Å². The van der Waals surface area contributed by atoms with Gasteiger partial charge in [-0.15, -0.1) is 0 Å². The Balaban J connectivity index is 1.53. The van der Waals surface area contributed by atoms with Crippen molar-refractivity contribution in [3.05, 3.63) is 78.1 Å². The van der Waals surface area contributed by atoms with E-state index >= 15 is 0 Å². The van der Waals surface area contributed by atoms with E-state index in [9.17, 15) is 23.9 Å². The van der Waals surface area contributed by atoms with Crippen molar-refractivity contribution >= 4 is 35.0 Å². The quantitative estimate of drug-likeness (QED) is 0.295. The molecule has 3 aromatic carbocycles. The van der Waals surface area contributed by atoms with Gasteiger partial charge in [-0.1, -0.05) is 6.92 Å². The molecule has 0 spiro atoms. The number of hydrogen-bond donors (Lipinski definition) is 4. The van der Waals surface area contributed by atoms with Crippen LogP contribution < -0.4 is 25.4 Å². The van der Waals surface area contributed by atoms with Crippen molar-refractivity contribution in [2.75, 3.05) is 49.8 Å². The zero-order valence-corrected chi connectivity index (χ0v) is 24.5. The number of benzene rings is 3. The van der Waals surface area contributed by atoms with Crippen LogP contribution in [-0.4, -0.2) is 78.9 Å². The van der Waals surface area contributed by atoms with Crippen LogP contribution in [0.3, 0.4) is 0 Å². The monoisotopic (exact) mass is 593 g/mol. The van der Waals surface area contributed by atoms with Crippen molar-refractivity contribution in [3.63, 3.8) is 0 Å². The van der Waals surface area contributed by atoms with Crippen molar-refractivity contribution in [2.45, 2.75) is 26.0 Å². The van der Waals surface area contributed by atoms with Crippen molar-refractivity contribution in [2.24, 2.45) is 5.92 Å². The van der Waals surface area contributed by atoms with Crippen molar-refractivity contribution in [1.82, 2.24) is 9.80 Å². The molecule has 3 aromatic rings. The number of nitrogens with zero attached hydrogens (tertiary/aromatic N) is 2. The highest BCUT2D eigenvalue weighted by molar-refractivity contribution is 6.02. The number of ether oxygens (including phenoxy) is 2. The highest BCUT2D eigenvalue weighted by Gasteiger charge is 2.34. The Morgan fingerprint density at radius 3 is 2.30 bits per heavy atom. The predicted octanol–water partition coefficient (Wildman–Crippen LogP) is 4.86. The molecule has 0 aromatic heterocycles. The predicted molar refractivity (Wildman–Crippen MR) is 161 cm³/mol. The summed E-state index contributed by atoms with van der Waals surface area (Å²) in [6.45, 7) is 3.89. The average molecular weight is 594 g/mol. The Morgan fingerprint density at radius 1 is 1.05 bits per heavy atom. The fraction of sp³-hybridized carbons (Fsp3) is 0.323. The summed E-state index contributed by atoms with van der Waals surface area (Å²) in [4.78, 5) is 42.3. The van der Waals surface area contributed by atoms with Gasteiger partial charge in [-0.3, -0.25) is 4.79 Å². The van der Waals surface area contributed by atoms with E-state index in [1.165, 1.54) is 35.2 Å². The van der Waals surface area contributed by atoms with E-state index in [4.69, 9.17) is 9.47 Å². The molecule has 0 unspecified atom stereocenters. The summed E-state index contributed by atoms with van der Waals surface area (Å²) in [6, 6.07) is 15.6. The first kappa shape index (κ1) is 31.1. The second-order valence-electron chi connectivity index (χ2n) is 10.5. The maximum Gasteiger partial charge on any atom is 0.323 e. The average Bonchev–Trinajstić information content (AvgIpc) is 3.00. The zero-order chi connectivity index (χ0) is 31.1. The van der Waals surface area contributed by atoms with Gasteiger partial charge in [-0.25, -0.2) is 14.0 Å². The number of carbonyl (C=O) groups is 3. The van der Waals surface area contributed by atoms with Gasteiger partial charge < -0.3 is 40.3 Å².